The molecule has 3 heterocycles. The molecular formula is C62H57N9. The predicted octanol–water partition coefficient (Wildman–Crippen LogP) is 16.4. The number of hydrogen-bond donors (Lipinski definition) is 0. The Morgan fingerprint density at radius 3 is 1.24 bits per heavy atom. The molecule has 9 nitrogen and oxygen atoms in total. The first-order valence-electron chi connectivity index (χ1n) is 24.6. The van der Waals surface area contributed by atoms with Crippen molar-refractivity contribution in [1.82, 2.24) is 29.9 Å². The first-order chi connectivity index (χ1) is 34.5. The molecule has 7 aromatic carbocycles. The molecule has 0 unspecified atom stereocenters. The third kappa shape index (κ3) is 8.01. The Morgan fingerprint density at radius 1 is 0.366 bits per heavy atom. The molecule has 0 atom stereocenters. The maximum Gasteiger partial charge on any atom is 0.156 e. The maximum atomic E-state index is 5.09. The Morgan fingerprint density at radius 2 is 0.775 bits per heavy atom. The Bertz CT molecular complexity index is 3520. The van der Waals surface area contributed by atoms with E-state index < -0.39 is 0 Å². The molecule has 0 fully saturated rings. The Balaban J connectivity index is 1.33. The number of rotatable bonds is 12. The molecule has 350 valence electrons. The van der Waals surface area contributed by atoms with Crippen LogP contribution in [0, 0.1) is 0 Å². The molecule has 0 saturated carbocycles. The zero-order valence-corrected chi connectivity index (χ0v) is 41.6. The molecule has 1 aliphatic carbocycles. The summed E-state index contributed by atoms with van der Waals surface area (Å²) in [5, 5.41) is 4.08. The second-order valence-corrected chi connectivity index (χ2v) is 20.0. The summed E-state index contributed by atoms with van der Waals surface area (Å²) in [6.07, 6.45) is 16.1. The molecule has 9 heteroatoms. The molecular weight excluding hydrogens is 871 g/mol. The number of aromatic nitrogens is 6. The lowest BCUT2D eigenvalue weighted by molar-refractivity contribution is 0.661. The van der Waals surface area contributed by atoms with Crippen molar-refractivity contribution in [2.45, 2.75) is 78.6 Å². The summed E-state index contributed by atoms with van der Waals surface area (Å²) in [5.74, 6) is 3.19. The summed E-state index contributed by atoms with van der Waals surface area (Å²) in [5.41, 5.74) is 14.2. The smallest absolute Gasteiger partial charge is 0.156 e. The van der Waals surface area contributed by atoms with Gasteiger partial charge in [-0.05, 0) is 117 Å². The lowest BCUT2D eigenvalue weighted by Gasteiger charge is -2.33. The van der Waals surface area contributed by atoms with E-state index in [0.29, 0.717) is 35.2 Å². The van der Waals surface area contributed by atoms with Gasteiger partial charge in [-0.1, -0.05) is 122 Å². The normalized spacial score (nSPS) is 12.7. The van der Waals surface area contributed by atoms with Crippen molar-refractivity contribution in [3.63, 3.8) is 0 Å². The number of benzene rings is 7. The lowest BCUT2D eigenvalue weighted by atomic mass is 9.81. The van der Waals surface area contributed by atoms with Crippen LogP contribution in [0.25, 0.3) is 32.7 Å². The van der Waals surface area contributed by atoms with E-state index in [2.05, 4.69) is 207 Å². The fraction of sp³-hybridized carbons (Fsp3) is 0.194. The molecule has 3 aromatic heterocycles. The first kappa shape index (κ1) is 45.2. The van der Waals surface area contributed by atoms with Crippen LogP contribution in [0.3, 0.4) is 0 Å². The highest BCUT2D eigenvalue weighted by Gasteiger charge is 2.37. The van der Waals surface area contributed by atoms with Crippen LogP contribution in [0.5, 0.6) is 0 Å². The monoisotopic (exact) mass is 927 g/mol. The average molecular weight is 928 g/mol. The minimum atomic E-state index is -0.285. The molecule has 0 amide bonds. The van der Waals surface area contributed by atoms with E-state index in [0.717, 1.165) is 55.7 Å². The summed E-state index contributed by atoms with van der Waals surface area (Å²) < 4.78 is 0. The largest absolute Gasteiger partial charge is 0.294 e. The average Bonchev–Trinajstić information content (AvgIpc) is 3.62. The standard InChI is InChI=1S/C62H57N9/c1-39(2)42-13-19-45(20-14-42)69(57-36-63-27-30-66-57)48-25-26-50-52(33-48)61(71(59-38-65-29-32-68-59)47-23-17-44(18-24-47)41(5)6)53-34-51-49-11-9-10-12-55(49)62(7,8)56(51)35-54(53)60(50)70(58-37-64-28-31-67-58)46-21-15-43(16-22-46)40(3)4/h9-41H,1-8H3. The van der Waals surface area contributed by atoms with E-state index in [-0.39, 0.29) is 5.41 Å². The van der Waals surface area contributed by atoms with Gasteiger partial charge in [-0.3, -0.25) is 29.7 Å². The predicted molar refractivity (Wildman–Crippen MR) is 292 cm³/mol. The van der Waals surface area contributed by atoms with Crippen LogP contribution in [0.15, 0.2) is 183 Å². The van der Waals surface area contributed by atoms with Gasteiger partial charge in [0.2, 0.25) is 0 Å². The quantitative estimate of drug-likeness (QED) is 0.0878. The van der Waals surface area contributed by atoms with Crippen molar-refractivity contribution in [2.75, 3.05) is 14.7 Å². The summed E-state index contributed by atoms with van der Waals surface area (Å²) >= 11 is 0. The van der Waals surface area contributed by atoms with Crippen molar-refractivity contribution in [1.29, 1.82) is 0 Å². The van der Waals surface area contributed by atoms with Crippen LogP contribution >= 0.6 is 0 Å². The molecule has 0 N–H and O–H groups in total. The fourth-order valence-electron chi connectivity index (χ4n) is 10.4. The number of nitrogens with zero attached hydrogens (tertiary/aromatic N) is 9. The van der Waals surface area contributed by atoms with Gasteiger partial charge in [0.25, 0.3) is 0 Å². The summed E-state index contributed by atoms with van der Waals surface area (Å²) in [7, 11) is 0. The summed E-state index contributed by atoms with van der Waals surface area (Å²) in [4.78, 5) is 35.8. The van der Waals surface area contributed by atoms with Gasteiger partial charge < -0.3 is 0 Å². The van der Waals surface area contributed by atoms with E-state index >= 15 is 0 Å². The zero-order valence-electron chi connectivity index (χ0n) is 41.6. The van der Waals surface area contributed by atoms with Gasteiger partial charge in [-0.2, -0.15) is 0 Å². The fourth-order valence-corrected chi connectivity index (χ4v) is 10.4. The molecule has 71 heavy (non-hydrogen) atoms. The van der Waals surface area contributed by atoms with E-state index in [4.69, 9.17) is 19.9 Å². The van der Waals surface area contributed by atoms with Gasteiger partial charge in [0.1, 0.15) is 0 Å². The van der Waals surface area contributed by atoms with Crippen LogP contribution in [0.2, 0.25) is 0 Å². The second kappa shape index (κ2) is 18.2. The van der Waals surface area contributed by atoms with Gasteiger partial charge in [0.05, 0.1) is 30.0 Å². The zero-order chi connectivity index (χ0) is 49.0. The third-order valence-corrected chi connectivity index (χ3v) is 14.2. The molecule has 0 bridgehead atoms. The highest BCUT2D eigenvalue weighted by molar-refractivity contribution is 6.24. The molecule has 0 saturated heterocycles. The van der Waals surface area contributed by atoms with Gasteiger partial charge in [-0.25, -0.2) is 15.0 Å². The van der Waals surface area contributed by atoms with E-state index in [1.54, 1.807) is 37.2 Å². The number of anilines is 9. The Hall–Kier alpha value is -8.30. The summed E-state index contributed by atoms with van der Waals surface area (Å²) in [6, 6.07) is 47.1. The van der Waals surface area contributed by atoms with Gasteiger partial charge >= 0.3 is 0 Å². The van der Waals surface area contributed by atoms with Crippen molar-refractivity contribution in [3.05, 3.63) is 211 Å². The molecule has 1 aliphatic rings. The molecule has 10 aromatic rings. The molecule has 11 rings (SSSR count). The van der Waals surface area contributed by atoms with Crippen molar-refractivity contribution in [2.24, 2.45) is 0 Å². The minimum Gasteiger partial charge on any atom is -0.294 e. The lowest BCUT2D eigenvalue weighted by Crippen LogP contribution is -2.18. The van der Waals surface area contributed by atoms with Crippen LogP contribution in [-0.4, -0.2) is 29.9 Å². The van der Waals surface area contributed by atoms with Crippen LogP contribution in [-0.2, 0) is 5.41 Å². The molecule has 0 radical (unpaired) electrons. The molecule has 0 spiro atoms. The topological polar surface area (TPSA) is 87.1 Å². The van der Waals surface area contributed by atoms with Gasteiger partial charge in [0.15, 0.2) is 17.5 Å². The summed E-state index contributed by atoms with van der Waals surface area (Å²) in [6.45, 7) is 18.1. The highest BCUT2D eigenvalue weighted by Crippen LogP contribution is 2.56. The first-order valence-corrected chi connectivity index (χ1v) is 24.6. The van der Waals surface area contributed by atoms with Crippen LogP contribution < -0.4 is 14.7 Å². The van der Waals surface area contributed by atoms with Gasteiger partial charge in [0, 0.05) is 86.9 Å². The van der Waals surface area contributed by atoms with Gasteiger partial charge in [-0.15, -0.1) is 0 Å². The Labute approximate surface area is 416 Å². The van der Waals surface area contributed by atoms with Crippen molar-refractivity contribution in [3.8, 4) is 11.1 Å². The van der Waals surface area contributed by atoms with Crippen LogP contribution in [0.4, 0.5) is 51.6 Å². The second-order valence-electron chi connectivity index (χ2n) is 20.0. The van der Waals surface area contributed by atoms with E-state index in [9.17, 15) is 0 Å². The van der Waals surface area contributed by atoms with Crippen LogP contribution in [0.1, 0.15) is 101 Å². The minimum absolute atomic E-state index is 0.285. The van der Waals surface area contributed by atoms with Crippen molar-refractivity contribution < 1.29 is 0 Å². The van der Waals surface area contributed by atoms with Crippen molar-refractivity contribution >= 4 is 73.1 Å². The molecule has 0 aliphatic heterocycles. The highest BCUT2D eigenvalue weighted by atomic mass is 15.2. The number of fused-ring (bicyclic) bond motifs is 5. The maximum absolute atomic E-state index is 5.09. The Kier molecular flexibility index (Phi) is 11.6. The van der Waals surface area contributed by atoms with E-state index in [1.165, 1.54) is 38.9 Å². The van der Waals surface area contributed by atoms with E-state index in [1.807, 2.05) is 18.6 Å². The number of hydrogen-bond acceptors (Lipinski definition) is 9. The third-order valence-electron chi connectivity index (χ3n) is 14.2. The SMILES string of the molecule is CC(C)c1ccc(N(c2ccc3c(N(c4ccc(C(C)C)cc4)c4cnccn4)c4cc5c(cc4c(N(c4ccc(C(C)C)cc4)c4cnccn4)c3c2)-c2ccccc2C5(C)C)c2cnccn2)cc1.